The van der Waals surface area contributed by atoms with E-state index in [1.807, 2.05) is 24.3 Å². The molecule has 2 aromatic rings. The minimum atomic E-state index is -0.697. The fourth-order valence-corrected chi connectivity index (χ4v) is 2.71. The van der Waals surface area contributed by atoms with Crippen LogP contribution in [0.1, 0.15) is 0 Å². The van der Waals surface area contributed by atoms with E-state index in [-0.39, 0.29) is 0 Å². The first-order valence-electron chi connectivity index (χ1n) is 4.14. The molecule has 78 valence electrons. The minimum Gasteiger partial charge on any atom is -0.437 e. The highest BCUT2D eigenvalue weighted by molar-refractivity contribution is 9.10. The Hall–Kier alpha value is -1.07. The van der Waals surface area contributed by atoms with Gasteiger partial charge in [-0.15, -0.1) is 0 Å². The molecule has 0 aliphatic carbocycles. The van der Waals surface area contributed by atoms with E-state index >= 15 is 0 Å². The van der Waals surface area contributed by atoms with Crippen LogP contribution in [0.2, 0.25) is 0 Å². The lowest BCUT2D eigenvalue weighted by Crippen LogP contribution is -2.05. The van der Waals surface area contributed by atoms with Gasteiger partial charge in [-0.3, -0.25) is 0 Å². The molecule has 1 aromatic carbocycles. The van der Waals surface area contributed by atoms with Crippen LogP contribution in [0.4, 0.5) is 4.79 Å². The number of carbonyl (C=O) groups excluding carboxylic acids is 1. The Morgan fingerprint density at radius 2 is 2.27 bits per heavy atom. The molecule has 2 rings (SSSR count). The van der Waals surface area contributed by atoms with Crippen LogP contribution in [0.5, 0.6) is 5.06 Å². The molecule has 3 nitrogen and oxygen atoms in total. The van der Waals surface area contributed by atoms with Crippen molar-refractivity contribution in [3.63, 3.8) is 0 Å². The molecular weight excluding hydrogens is 280 g/mol. The van der Waals surface area contributed by atoms with Crippen molar-refractivity contribution < 1.29 is 14.3 Å². The van der Waals surface area contributed by atoms with E-state index in [2.05, 4.69) is 20.7 Å². The Morgan fingerprint density at radius 3 is 2.93 bits per heavy atom. The summed E-state index contributed by atoms with van der Waals surface area (Å²) in [5.74, 6) is 0. The first kappa shape index (κ1) is 10.4. The molecular formula is C10H7BrO3S. The highest BCUT2D eigenvalue weighted by Crippen LogP contribution is 2.36. The zero-order valence-electron chi connectivity index (χ0n) is 7.82. The van der Waals surface area contributed by atoms with Gasteiger partial charge in [-0.25, -0.2) is 4.79 Å². The number of ether oxygens (including phenoxy) is 2. The number of hydrogen-bond acceptors (Lipinski definition) is 4. The summed E-state index contributed by atoms with van der Waals surface area (Å²) in [5, 5.41) is 1.57. The fraction of sp³-hybridized carbons (Fsp3) is 0.100. The number of fused-ring (bicyclic) bond motifs is 1. The standard InChI is InChI=1S/C10H7BrO3S/c1-13-10(12)14-8-5-6-3-2-4-7(11)9(6)15-8/h2-5H,1H3. The normalized spacial score (nSPS) is 10.3. The fourth-order valence-electron chi connectivity index (χ4n) is 1.18. The zero-order valence-corrected chi connectivity index (χ0v) is 10.2. The largest absolute Gasteiger partial charge is 0.514 e. The second-order valence-electron chi connectivity index (χ2n) is 2.78. The molecule has 0 saturated carbocycles. The summed E-state index contributed by atoms with van der Waals surface area (Å²) < 4.78 is 11.4. The Kier molecular flexibility index (Phi) is 2.93. The van der Waals surface area contributed by atoms with Gasteiger partial charge in [0.1, 0.15) is 0 Å². The second kappa shape index (κ2) is 4.20. The number of carbonyl (C=O) groups is 1. The lowest BCUT2D eigenvalue weighted by atomic mass is 10.3. The highest BCUT2D eigenvalue weighted by atomic mass is 79.9. The molecule has 1 aromatic heterocycles. The summed E-state index contributed by atoms with van der Waals surface area (Å²) in [6, 6.07) is 7.64. The smallest absolute Gasteiger partial charge is 0.437 e. The molecule has 0 aliphatic rings. The van der Waals surface area contributed by atoms with Crippen molar-refractivity contribution in [1.82, 2.24) is 0 Å². The lowest BCUT2D eigenvalue weighted by molar-refractivity contribution is 0.123. The van der Waals surface area contributed by atoms with Crippen molar-refractivity contribution in [3.8, 4) is 5.06 Å². The third-order valence-corrected chi connectivity index (χ3v) is 3.81. The summed E-state index contributed by atoms with van der Waals surface area (Å²) in [4.78, 5) is 10.9. The zero-order chi connectivity index (χ0) is 10.8. The average Bonchev–Trinajstić information content (AvgIpc) is 2.62. The molecule has 5 heteroatoms. The molecule has 15 heavy (non-hydrogen) atoms. The molecule has 1 heterocycles. The van der Waals surface area contributed by atoms with Crippen LogP contribution in [0.3, 0.4) is 0 Å². The predicted octanol–water partition coefficient (Wildman–Crippen LogP) is 3.81. The van der Waals surface area contributed by atoms with Gasteiger partial charge in [-0.05, 0) is 27.4 Å². The summed E-state index contributed by atoms with van der Waals surface area (Å²) in [6.45, 7) is 0. The lowest BCUT2D eigenvalue weighted by Gasteiger charge is -1.96. The van der Waals surface area contributed by atoms with Crippen LogP contribution in [0, 0.1) is 0 Å². The van der Waals surface area contributed by atoms with Crippen molar-refractivity contribution in [3.05, 3.63) is 28.7 Å². The Labute approximate surface area is 98.7 Å². The summed E-state index contributed by atoms with van der Waals surface area (Å²) in [6.07, 6.45) is -0.697. The first-order chi connectivity index (χ1) is 7.20. The van der Waals surface area contributed by atoms with Gasteiger partial charge < -0.3 is 9.47 Å². The van der Waals surface area contributed by atoms with E-state index in [1.165, 1.54) is 18.4 Å². The van der Waals surface area contributed by atoms with Gasteiger partial charge in [0.15, 0.2) is 5.06 Å². The predicted molar refractivity (Wildman–Crippen MR) is 62.6 cm³/mol. The molecule has 0 atom stereocenters. The average molecular weight is 287 g/mol. The van der Waals surface area contributed by atoms with Crippen molar-refractivity contribution in [2.75, 3.05) is 7.11 Å². The van der Waals surface area contributed by atoms with E-state index in [0.717, 1.165) is 14.6 Å². The molecule has 0 radical (unpaired) electrons. The van der Waals surface area contributed by atoms with Crippen LogP contribution >= 0.6 is 27.3 Å². The van der Waals surface area contributed by atoms with E-state index in [4.69, 9.17) is 4.74 Å². The van der Waals surface area contributed by atoms with E-state index < -0.39 is 6.16 Å². The van der Waals surface area contributed by atoms with E-state index in [9.17, 15) is 4.79 Å². The second-order valence-corrected chi connectivity index (χ2v) is 4.65. The molecule has 0 aliphatic heterocycles. The summed E-state index contributed by atoms with van der Waals surface area (Å²) in [5.41, 5.74) is 0. The van der Waals surface area contributed by atoms with Crippen LogP contribution in [0.15, 0.2) is 28.7 Å². The van der Waals surface area contributed by atoms with Gasteiger partial charge in [-0.1, -0.05) is 23.5 Å². The molecule has 0 unspecified atom stereocenters. The summed E-state index contributed by atoms with van der Waals surface area (Å²) in [7, 11) is 1.28. The topological polar surface area (TPSA) is 35.5 Å². The molecule has 0 saturated heterocycles. The van der Waals surface area contributed by atoms with Crippen molar-refractivity contribution >= 4 is 43.5 Å². The van der Waals surface area contributed by atoms with Gasteiger partial charge in [-0.2, -0.15) is 0 Å². The third kappa shape index (κ3) is 2.13. The van der Waals surface area contributed by atoms with E-state index in [0.29, 0.717) is 5.06 Å². The molecule has 0 amide bonds. The minimum absolute atomic E-state index is 0.531. The number of hydrogen-bond donors (Lipinski definition) is 0. The van der Waals surface area contributed by atoms with Crippen LogP contribution < -0.4 is 4.74 Å². The van der Waals surface area contributed by atoms with Gasteiger partial charge in [0.2, 0.25) is 0 Å². The molecule has 0 N–H and O–H groups in total. The Morgan fingerprint density at radius 1 is 1.47 bits per heavy atom. The van der Waals surface area contributed by atoms with Crippen LogP contribution in [-0.2, 0) is 4.74 Å². The van der Waals surface area contributed by atoms with E-state index in [1.54, 1.807) is 0 Å². The van der Waals surface area contributed by atoms with Crippen LogP contribution in [-0.4, -0.2) is 13.3 Å². The Balaban J connectivity index is 2.39. The number of halogens is 1. The maximum Gasteiger partial charge on any atom is 0.514 e. The number of thiophene rings is 1. The number of benzene rings is 1. The molecule has 0 bridgehead atoms. The van der Waals surface area contributed by atoms with Gasteiger partial charge in [0.05, 0.1) is 11.8 Å². The van der Waals surface area contributed by atoms with Gasteiger partial charge in [0.25, 0.3) is 0 Å². The third-order valence-electron chi connectivity index (χ3n) is 1.82. The molecule has 0 fully saturated rings. The van der Waals surface area contributed by atoms with Crippen molar-refractivity contribution in [2.45, 2.75) is 0 Å². The van der Waals surface area contributed by atoms with Gasteiger partial charge >= 0.3 is 6.16 Å². The quantitative estimate of drug-likeness (QED) is 0.748. The van der Waals surface area contributed by atoms with Gasteiger partial charge in [0, 0.05) is 10.5 Å². The van der Waals surface area contributed by atoms with Crippen molar-refractivity contribution in [2.24, 2.45) is 0 Å². The maximum atomic E-state index is 10.9. The first-order valence-corrected chi connectivity index (χ1v) is 5.75. The highest BCUT2D eigenvalue weighted by Gasteiger charge is 2.09. The SMILES string of the molecule is COC(=O)Oc1cc2cccc(Br)c2s1. The van der Waals surface area contributed by atoms with Crippen LogP contribution in [0.25, 0.3) is 10.1 Å². The number of rotatable bonds is 1. The Bertz CT molecular complexity index is 506. The number of methoxy groups -OCH3 is 1. The van der Waals surface area contributed by atoms with Crippen molar-refractivity contribution in [1.29, 1.82) is 0 Å². The molecule has 0 spiro atoms. The monoisotopic (exact) mass is 286 g/mol. The maximum absolute atomic E-state index is 10.9. The summed E-state index contributed by atoms with van der Waals surface area (Å²) >= 11 is 4.83.